The monoisotopic (exact) mass is 297 g/mol. The molecule has 1 saturated heterocycles. The molecule has 0 radical (unpaired) electrons. The molecular formula is C17H31NO3. The maximum atomic E-state index is 12.2. The molecule has 1 aliphatic rings. The molecule has 0 aromatic rings. The molecule has 1 fully saturated rings. The second kappa shape index (κ2) is 8.52. The summed E-state index contributed by atoms with van der Waals surface area (Å²) in [5.41, 5.74) is 0. The van der Waals surface area contributed by atoms with E-state index in [-0.39, 0.29) is 17.7 Å². The van der Waals surface area contributed by atoms with Crippen molar-refractivity contribution in [3.63, 3.8) is 0 Å². The van der Waals surface area contributed by atoms with Crippen LogP contribution in [0.5, 0.6) is 0 Å². The zero-order chi connectivity index (χ0) is 16.0. The van der Waals surface area contributed by atoms with Crippen molar-refractivity contribution < 1.29 is 14.3 Å². The number of nitrogens with one attached hydrogen (secondary N) is 1. The van der Waals surface area contributed by atoms with Crippen molar-refractivity contribution in [3.8, 4) is 0 Å². The van der Waals surface area contributed by atoms with Crippen LogP contribution in [0.1, 0.15) is 53.9 Å². The van der Waals surface area contributed by atoms with E-state index in [1.54, 1.807) is 6.92 Å². The van der Waals surface area contributed by atoms with Gasteiger partial charge in [0.1, 0.15) is 0 Å². The topological polar surface area (TPSA) is 55.4 Å². The molecule has 21 heavy (non-hydrogen) atoms. The van der Waals surface area contributed by atoms with E-state index in [9.17, 15) is 9.59 Å². The number of hydrogen-bond acceptors (Lipinski definition) is 4. The zero-order valence-corrected chi connectivity index (χ0v) is 14.1. The van der Waals surface area contributed by atoms with Crippen molar-refractivity contribution in [1.29, 1.82) is 0 Å². The summed E-state index contributed by atoms with van der Waals surface area (Å²) in [7, 11) is 0. The highest BCUT2D eigenvalue weighted by Crippen LogP contribution is 2.33. The number of ketones is 1. The Hall–Kier alpha value is -0.900. The molecule has 5 atom stereocenters. The summed E-state index contributed by atoms with van der Waals surface area (Å²) in [6, 6.07) is 0. The highest BCUT2D eigenvalue weighted by Gasteiger charge is 2.36. The van der Waals surface area contributed by atoms with Gasteiger partial charge >= 0.3 is 5.97 Å². The van der Waals surface area contributed by atoms with Gasteiger partial charge < -0.3 is 10.1 Å². The molecule has 0 aromatic carbocycles. The minimum atomic E-state index is -0.591. The van der Waals surface area contributed by atoms with E-state index in [1.165, 1.54) is 6.42 Å². The molecule has 1 heterocycles. The lowest BCUT2D eigenvalue weighted by molar-refractivity contribution is -0.159. The number of carbonyl (C=O) groups is 2. The van der Waals surface area contributed by atoms with Gasteiger partial charge in [0.15, 0.2) is 11.9 Å². The Morgan fingerprint density at radius 2 is 1.90 bits per heavy atom. The summed E-state index contributed by atoms with van der Waals surface area (Å²) >= 11 is 0. The number of hydrogen-bond donors (Lipinski definition) is 1. The van der Waals surface area contributed by atoms with Crippen molar-refractivity contribution in [2.24, 2.45) is 23.7 Å². The van der Waals surface area contributed by atoms with Crippen LogP contribution in [-0.2, 0) is 14.3 Å². The van der Waals surface area contributed by atoms with E-state index in [1.807, 2.05) is 13.8 Å². The fraction of sp³-hybridized carbons (Fsp3) is 0.882. The van der Waals surface area contributed by atoms with Gasteiger partial charge in [0.2, 0.25) is 0 Å². The van der Waals surface area contributed by atoms with Crippen LogP contribution in [0.25, 0.3) is 0 Å². The summed E-state index contributed by atoms with van der Waals surface area (Å²) < 4.78 is 5.45. The molecule has 1 aliphatic heterocycles. The summed E-state index contributed by atoms with van der Waals surface area (Å²) in [5.74, 6) is 1.32. The van der Waals surface area contributed by atoms with E-state index in [0.29, 0.717) is 30.6 Å². The van der Waals surface area contributed by atoms with Crippen LogP contribution in [0.4, 0.5) is 0 Å². The standard InChI is InChI=1S/C17H31NO3/c1-6-15(19)17(21-16(20)7-2)13(5)12(4)14-10-18-9-8-11(14)3/h11-14,17-18H,6-10H2,1-5H3. The molecule has 0 bridgehead atoms. The van der Waals surface area contributed by atoms with E-state index >= 15 is 0 Å². The van der Waals surface area contributed by atoms with Crippen LogP contribution in [0.2, 0.25) is 0 Å². The first kappa shape index (κ1) is 18.1. The number of ether oxygens (including phenoxy) is 1. The largest absolute Gasteiger partial charge is 0.454 e. The lowest BCUT2D eigenvalue weighted by Gasteiger charge is -2.38. The first-order valence-electron chi connectivity index (χ1n) is 8.35. The maximum Gasteiger partial charge on any atom is 0.306 e. The summed E-state index contributed by atoms with van der Waals surface area (Å²) in [5, 5.41) is 3.44. The number of esters is 1. The summed E-state index contributed by atoms with van der Waals surface area (Å²) in [4.78, 5) is 23.8. The van der Waals surface area contributed by atoms with Crippen LogP contribution >= 0.6 is 0 Å². The molecule has 0 aliphatic carbocycles. The molecule has 0 spiro atoms. The lowest BCUT2D eigenvalue weighted by Crippen LogP contribution is -2.44. The van der Waals surface area contributed by atoms with Crippen molar-refractivity contribution in [2.45, 2.75) is 60.0 Å². The highest BCUT2D eigenvalue weighted by atomic mass is 16.5. The van der Waals surface area contributed by atoms with Crippen molar-refractivity contribution in [1.82, 2.24) is 5.32 Å². The van der Waals surface area contributed by atoms with Gasteiger partial charge in [-0.15, -0.1) is 0 Å². The molecule has 0 amide bonds. The molecule has 122 valence electrons. The van der Waals surface area contributed by atoms with Crippen LogP contribution in [0.3, 0.4) is 0 Å². The van der Waals surface area contributed by atoms with Crippen LogP contribution in [0, 0.1) is 23.7 Å². The Bertz CT molecular complexity index is 356. The maximum absolute atomic E-state index is 12.2. The molecule has 1 rings (SSSR count). The second-order valence-electron chi connectivity index (χ2n) is 6.44. The second-order valence-corrected chi connectivity index (χ2v) is 6.44. The Morgan fingerprint density at radius 3 is 2.43 bits per heavy atom. The lowest BCUT2D eigenvalue weighted by atomic mass is 9.72. The Labute approximate surface area is 129 Å². The Morgan fingerprint density at radius 1 is 1.24 bits per heavy atom. The van der Waals surface area contributed by atoms with E-state index < -0.39 is 6.10 Å². The molecule has 4 heteroatoms. The van der Waals surface area contributed by atoms with Crippen LogP contribution in [0.15, 0.2) is 0 Å². The molecule has 0 aromatic heterocycles. The molecule has 1 N–H and O–H groups in total. The van der Waals surface area contributed by atoms with E-state index in [4.69, 9.17) is 4.74 Å². The quantitative estimate of drug-likeness (QED) is 0.734. The third-order valence-corrected chi connectivity index (χ3v) is 5.08. The third-order valence-electron chi connectivity index (χ3n) is 5.08. The Kier molecular flexibility index (Phi) is 7.36. The number of rotatable bonds is 7. The van der Waals surface area contributed by atoms with Crippen molar-refractivity contribution in [3.05, 3.63) is 0 Å². The highest BCUT2D eigenvalue weighted by molar-refractivity contribution is 5.85. The summed E-state index contributed by atoms with van der Waals surface area (Å²) in [6.45, 7) is 12.2. The SMILES string of the molecule is CCC(=O)OC(C(=O)CC)C(C)C(C)C1CNCCC1C. The van der Waals surface area contributed by atoms with E-state index in [0.717, 1.165) is 13.1 Å². The van der Waals surface area contributed by atoms with Gasteiger partial charge in [-0.05, 0) is 37.3 Å². The molecular weight excluding hydrogens is 266 g/mol. The minimum Gasteiger partial charge on any atom is -0.454 e. The van der Waals surface area contributed by atoms with Crippen LogP contribution in [-0.4, -0.2) is 30.9 Å². The average molecular weight is 297 g/mol. The van der Waals surface area contributed by atoms with Gasteiger partial charge in [0.25, 0.3) is 0 Å². The predicted octanol–water partition coefficient (Wildman–Crippen LogP) is 2.81. The minimum absolute atomic E-state index is 0.0348. The van der Waals surface area contributed by atoms with Gasteiger partial charge in [0, 0.05) is 18.8 Å². The average Bonchev–Trinajstić information content (AvgIpc) is 2.50. The fourth-order valence-electron chi connectivity index (χ4n) is 3.28. The number of piperidine rings is 1. The number of Topliss-reactive ketones (excluding diaryl/α,β-unsaturated/α-hetero) is 1. The molecule has 0 saturated carbocycles. The van der Waals surface area contributed by atoms with Gasteiger partial charge in [-0.2, -0.15) is 0 Å². The normalized spacial score (nSPS) is 26.7. The summed E-state index contributed by atoms with van der Waals surface area (Å²) in [6.07, 6.45) is 1.31. The first-order chi connectivity index (χ1) is 9.92. The van der Waals surface area contributed by atoms with Crippen molar-refractivity contribution in [2.75, 3.05) is 13.1 Å². The van der Waals surface area contributed by atoms with Crippen LogP contribution < -0.4 is 5.32 Å². The smallest absolute Gasteiger partial charge is 0.306 e. The van der Waals surface area contributed by atoms with E-state index in [2.05, 4.69) is 19.2 Å². The Balaban J connectivity index is 2.79. The molecule has 4 nitrogen and oxygen atoms in total. The molecule has 5 unspecified atom stereocenters. The number of carbonyl (C=O) groups excluding carboxylic acids is 2. The van der Waals surface area contributed by atoms with Gasteiger partial charge in [-0.3, -0.25) is 9.59 Å². The third kappa shape index (κ3) is 4.80. The fourth-order valence-corrected chi connectivity index (χ4v) is 3.28. The zero-order valence-electron chi connectivity index (χ0n) is 14.1. The van der Waals surface area contributed by atoms with Gasteiger partial charge in [0.05, 0.1) is 0 Å². The van der Waals surface area contributed by atoms with Gasteiger partial charge in [-0.25, -0.2) is 0 Å². The van der Waals surface area contributed by atoms with Gasteiger partial charge in [-0.1, -0.05) is 34.6 Å². The predicted molar refractivity (Wildman–Crippen MR) is 83.9 cm³/mol. The first-order valence-corrected chi connectivity index (χ1v) is 8.35. The van der Waals surface area contributed by atoms with Crippen molar-refractivity contribution >= 4 is 11.8 Å².